The van der Waals surface area contributed by atoms with Crippen molar-refractivity contribution < 1.29 is 14.7 Å². The molecule has 6 heteroatoms. The fourth-order valence-electron chi connectivity index (χ4n) is 2.70. The van der Waals surface area contributed by atoms with E-state index < -0.39 is 6.09 Å². The molecule has 112 valence electrons. The van der Waals surface area contributed by atoms with Crippen molar-refractivity contribution >= 4 is 45.1 Å². The maximum atomic E-state index is 12.5. The Morgan fingerprint density at radius 1 is 1.27 bits per heavy atom. The average molecular weight is 381 g/mol. The van der Waals surface area contributed by atoms with Gasteiger partial charge in [0.05, 0.1) is 15.2 Å². The Morgan fingerprint density at radius 3 is 2.50 bits per heavy atom. The summed E-state index contributed by atoms with van der Waals surface area (Å²) in [5.74, 6) is -0.136. The second kappa shape index (κ2) is 5.41. The van der Waals surface area contributed by atoms with Gasteiger partial charge in [-0.3, -0.25) is 9.69 Å². The van der Waals surface area contributed by atoms with Gasteiger partial charge in [0, 0.05) is 23.2 Å². The minimum atomic E-state index is -1.10. The summed E-state index contributed by atoms with van der Waals surface area (Å²) in [6.07, 6.45) is -1.10. The number of anilines is 1. The highest BCUT2D eigenvalue weighted by Crippen LogP contribution is 2.47. The van der Waals surface area contributed by atoms with Gasteiger partial charge in [-0.15, -0.1) is 0 Å². The van der Waals surface area contributed by atoms with E-state index in [1.54, 1.807) is 25.1 Å². The van der Waals surface area contributed by atoms with Gasteiger partial charge in [0.2, 0.25) is 0 Å². The van der Waals surface area contributed by atoms with Crippen molar-refractivity contribution in [3.8, 4) is 11.1 Å². The van der Waals surface area contributed by atoms with Crippen molar-refractivity contribution in [2.45, 2.75) is 6.92 Å². The molecule has 0 spiro atoms. The first-order chi connectivity index (χ1) is 10.5. The summed E-state index contributed by atoms with van der Waals surface area (Å²) in [4.78, 5) is 25.1. The van der Waals surface area contributed by atoms with E-state index in [0.717, 1.165) is 10.5 Å². The Kier molecular flexibility index (Phi) is 3.70. The predicted molar refractivity (Wildman–Crippen MR) is 89.1 cm³/mol. The average Bonchev–Trinajstić information content (AvgIpc) is 2.78. The van der Waals surface area contributed by atoms with Crippen molar-refractivity contribution in [2.75, 3.05) is 11.4 Å². The number of carboxylic acid groups (broad SMARTS) is 1. The third-order valence-corrected chi connectivity index (χ3v) is 5.12. The van der Waals surface area contributed by atoms with E-state index in [1.165, 1.54) is 0 Å². The fraction of sp³-hybridized carbons (Fsp3) is 0.125. The maximum absolute atomic E-state index is 12.5. The minimum Gasteiger partial charge on any atom is -0.465 e. The third-order valence-electron chi connectivity index (χ3n) is 3.71. The molecule has 2 aromatic rings. The number of halogens is 2. The van der Waals surface area contributed by atoms with Crippen LogP contribution in [0.15, 0.2) is 34.8 Å². The SMILES string of the molecule is CCN(C(=O)O)c1cc2c(c(Cl)c1Br)-c1ccccc1C2=O. The molecule has 0 aromatic heterocycles. The smallest absolute Gasteiger partial charge is 0.411 e. The summed E-state index contributed by atoms with van der Waals surface area (Å²) in [7, 11) is 0. The van der Waals surface area contributed by atoms with Crippen LogP contribution in [-0.2, 0) is 0 Å². The van der Waals surface area contributed by atoms with Gasteiger partial charge >= 0.3 is 6.09 Å². The van der Waals surface area contributed by atoms with Crippen molar-refractivity contribution in [1.29, 1.82) is 0 Å². The Balaban J connectivity index is 2.30. The van der Waals surface area contributed by atoms with E-state index in [2.05, 4.69) is 15.9 Å². The van der Waals surface area contributed by atoms with Crippen molar-refractivity contribution in [2.24, 2.45) is 0 Å². The number of hydrogen-bond acceptors (Lipinski definition) is 2. The van der Waals surface area contributed by atoms with Gasteiger partial charge in [-0.05, 0) is 34.5 Å². The molecule has 1 aliphatic rings. The molecule has 1 amide bonds. The molecule has 1 aliphatic carbocycles. The van der Waals surface area contributed by atoms with Crippen LogP contribution in [-0.4, -0.2) is 23.5 Å². The molecule has 3 rings (SSSR count). The molecule has 2 aromatic carbocycles. The van der Waals surface area contributed by atoms with Crippen LogP contribution >= 0.6 is 27.5 Å². The van der Waals surface area contributed by atoms with Crippen molar-refractivity contribution in [3.05, 3.63) is 51.0 Å². The molecule has 0 bridgehead atoms. The van der Waals surface area contributed by atoms with Crippen LogP contribution in [0.4, 0.5) is 10.5 Å². The Morgan fingerprint density at radius 2 is 1.91 bits per heavy atom. The number of hydrogen-bond donors (Lipinski definition) is 1. The third kappa shape index (κ3) is 2.04. The Bertz CT molecular complexity index is 819. The van der Waals surface area contributed by atoms with Crippen molar-refractivity contribution in [1.82, 2.24) is 0 Å². The van der Waals surface area contributed by atoms with E-state index in [4.69, 9.17) is 11.6 Å². The van der Waals surface area contributed by atoms with Crippen LogP contribution in [0.5, 0.6) is 0 Å². The van der Waals surface area contributed by atoms with E-state index >= 15 is 0 Å². The molecule has 22 heavy (non-hydrogen) atoms. The van der Waals surface area contributed by atoms with Gasteiger partial charge < -0.3 is 5.11 Å². The number of amides is 1. The van der Waals surface area contributed by atoms with Gasteiger partial charge in [-0.2, -0.15) is 0 Å². The van der Waals surface area contributed by atoms with E-state index in [9.17, 15) is 14.7 Å². The molecule has 1 N–H and O–H groups in total. The number of carbonyl (C=O) groups is 2. The standard InChI is InChI=1S/C16H11BrClNO3/c1-2-19(16(21)22)11-7-10-12(14(18)13(11)17)8-5-3-4-6-9(8)15(10)20/h3-7H,2H2,1H3,(H,21,22). The largest absolute Gasteiger partial charge is 0.465 e. The molecule has 0 aliphatic heterocycles. The van der Waals surface area contributed by atoms with Crippen LogP contribution in [0, 0.1) is 0 Å². The molecule has 4 nitrogen and oxygen atoms in total. The summed E-state index contributed by atoms with van der Waals surface area (Å²) in [6.45, 7) is 1.97. The molecule has 0 fully saturated rings. The Hall–Kier alpha value is -1.85. The van der Waals surface area contributed by atoms with Crippen LogP contribution in [0.3, 0.4) is 0 Å². The number of benzene rings is 2. The highest BCUT2D eigenvalue weighted by molar-refractivity contribution is 9.10. The lowest BCUT2D eigenvalue weighted by Gasteiger charge is -2.20. The first kappa shape index (κ1) is 15.1. The highest BCUT2D eigenvalue weighted by atomic mass is 79.9. The first-order valence-corrected chi connectivity index (χ1v) is 7.81. The van der Waals surface area contributed by atoms with Gasteiger partial charge in [-0.25, -0.2) is 4.79 Å². The molecule has 0 heterocycles. The zero-order valence-electron chi connectivity index (χ0n) is 11.6. The number of rotatable bonds is 2. The van der Waals surface area contributed by atoms with Gasteiger partial charge in [0.25, 0.3) is 0 Å². The summed E-state index contributed by atoms with van der Waals surface area (Å²) in [5.41, 5.74) is 2.82. The van der Waals surface area contributed by atoms with Gasteiger partial charge in [0.15, 0.2) is 5.78 Å². The number of nitrogens with zero attached hydrogens (tertiary/aromatic N) is 1. The molecular weight excluding hydrogens is 370 g/mol. The van der Waals surface area contributed by atoms with Gasteiger partial charge in [-0.1, -0.05) is 35.9 Å². The topological polar surface area (TPSA) is 57.6 Å². The first-order valence-electron chi connectivity index (χ1n) is 6.64. The maximum Gasteiger partial charge on any atom is 0.411 e. The summed E-state index contributed by atoms with van der Waals surface area (Å²) in [6, 6.07) is 8.81. The predicted octanol–water partition coefficient (Wildman–Crippen LogP) is 4.82. The quantitative estimate of drug-likeness (QED) is 0.693. The monoisotopic (exact) mass is 379 g/mol. The Labute approximate surface area is 140 Å². The molecule has 0 radical (unpaired) electrons. The van der Waals surface area contributed by atoms with E-state index in [0.29, 0.717) is 31.9 Å². The number of ketones is 1. The number of fused-ring (bicyclic) bond motifs is 3. The molecule has 0 atom stereocenters. The number of carbonyl (C=O) groups excluding carboxylic acids is 1. The fourth-order valence-corrected chi connectivity index (χ4v) is 3.53. The van der Waals surface area contributed by atoms with Gasteiger partial charge in [0.1, 0.15) is 0 Å². The zero-order valence-corrected chi connectivity index (χ0v) is 13.9. The van der Waals surface area contributed by atoms with Crippen LogP contribution < -0.4 is 4.90 Å². The highest BCUT2D eigenvalue weighted by Gasteiger charge is 2.32. The molecule has 0 saturated carbocycles. The lowest BCUT2D eigenvalue weighted by atomic mass is 10.0. The minimum absolute atomic E-state index is 0.136. The lowest BCUT2D eigenvalue weighted by molar-refractivity contribution is 0.104. The molecule has 0 unspecified atom stereocenters. The second-order valence-electron chi connectivity index (χ2n) is 4.85. The summed E-state index contributed by atoms with van der Waals surface area (Å²) >= 11 is 9.79. The van der Waals surface area contributed by atoms with Crippen molar-refractivity contribution in [3.63, 3.8) is 0 Å². The lowest BCUT2D eigenvalue weighted by Crippen LogP contribution is -2.29. The van der Waals surface area contributed by atoms with E-state index in [-0.39, 0.29) is 12.3 Å². The molecule has 0 saturated heterocycles. The van der Waals surface area contributed by atoms with Crippen LogP contribution in [0.1, 0.15) is 22.8 Å². The van der Waals surface area contributed by atoms with Crippen LogP contribution in [0.25, 0.3) is 11.1 Å². The van der Waals surface area contributed by atoms with Crippen LogP contribution in [0.2, 0.25) is 5.02 Å². The summed E-state index contributed by atoms with van der Waals surface area (Å²) in [5, 5.41) is 9.66. The summed E-state index contributed by atoms with van der Waals surface area (Å²) < 4.78 is 0.474. The van der Waals surface area contributed by atoms with E-state index in [1.807, 2.05) is 12.1 Å². The second-order valence-corrected chi connectivity index (χ2v) is 6.02. The normalized spacial score (nSPS) is 12.0. The molecular formula is C16H11BrClNO3. The zero-order chi connectivity index (χ0) is 16.0.